The van der Waals surface area contributed by atoms with Crippen LogP contribution in [0.5, 0.6) is 0 Å². The van der Waals surface area contributed by atoms with Crippen LogP contribution in [0.15, 0.2) is 24.3 Å². The van der Waals surface area contributed by atoms with Crippen molar-refractivity contribution in [3.63, 3.8) is 0 Å². The summed E-state index contributed by atoms with van der Waals surface area (Å²) < 4.78 is 5.24. The molecule has 1 heterocycles. The number of benzene rings is 1. The van der Waals surface area contributed by atoms with Gasteiger partial charge in [0.1, 0.15) is 0 Å². The molecule has 5 heteroatoms. The van der Waals surface area contributed by atoms with Crippen molar-refractivity contribution in [2.75, 3.05) is 25.1 Å². The molecule has 0 saturated carbocycles. The second kappa shape index (κ2) is 8.15. The predicted octanol–water partition coefficient (Wildman–Crippen LogP) is 2.19. The molecule has 1 aromatic carbocycles. The molecular weight excluding hydrogens is 264 g/mol. The van der Waals surface area contributed by atoms with Crippen molar-refractivity contribution in [2.24, 2.45) is 5.92 Å². The van der Waals surface area contributed by atoms with Crippen molar-refractivity contribution < 1.29 is 9.53 Å². The molecule has 1 unspecified atom stereocenters. The number of para-hydroxylation sites is 1. The highest BCUT2D eigenvalue weighted by molar-refractivity contribution is 5.93. The average Bonchev–Trinajstić information content (AvgIpc) is 2.91. The summed E-state index contributed by atoms with van der Waals surface area (Å²) in [6.07, 6.45) is 0.821. The number of rotatable bonds is 5. The lowest BCUT2D eigenvalue weighted by atomic mass is 10.1. The van der Waals surface area contributed by atoms with E-state index in [0.717, 1.165) is 30.8 Å². The van der Waals surface area contributed by atoms with E-state index in [9.17, 15) is 4.79 Å². The van der Waals surface area contributed by atoms with Crippen LogP contribution in [0.25, 0.3) is 0 Å². The Balaban J connectivity index is 0.00000180. The molecule has 0 aromatic heterocycles. The lowest BCUT2D eigenvalue weighted by Gasteiger charge is -2.13. The van der Waals surface area contributed by atoms with E-state index in [0.29, 0.717) is 13.2 Å². The van der Waals surface area contributed by atoms with Crippen molar-refractivity contribution >= 4 is 24.0 Å². The SMILES string of the molecule is CCNCc1ccccc1NC(=O)C1CCOC1.Cl. The van der Waals surface area contributed by atoms with Crippen LogP contribution in [-0.4, -0.2) is 25.7 Å². The van der Waals surface area contributed by atoms with Gasteiger partial charge in [-0.15, -0.1) is 12.4 Å². The van der Waals surface area contributed by atoms with Crippen LogP contribution in [0.2, 0.25) is 0 Å². The molecular formula is C14H21ClN2O2. The highest BCUT2D eigenvalue weighted by atomic mass is 35.5. The van der Waals surface area contributed by atoms with Crippen molar-refractivity contribution in [1.29, 1.82) is 0 Å². The Morgan fingerprint density at radius 1 is 1.42 bits per heavy atom. The second-order valence-electron chi connectivity index (χ2n) is 4.49. The molecule has 1 saturated heterocycles. The van der Waals surface area contributed by atoms with Crippen molar-refractivity contribution in [3.8, 4) is 0 Å². The zero-order valence-electron chi connectivity index (χ0n) is 11.1. The maximum atomic E-state index is 12.0. The van der Waals surface area contributed by atoms with Crippen LogP contribution >= 0.6 is 12.4 Å². The van der Waals surface area contributed by atoms with Crippen LogP contribution in [0.3, 0.4) is 0 Å². The first-order chi connectivity index (χ1) is 8.81. The van der Waals surface area contributed by atoms with E-state index in [2.05, 4.69) is 17.6 Å². The van der Waals surface area contributed by atoms with Crippen LogP contribution < -0.4 is 10.6 Å². The zero-order valence-corrected chi connectivity index (χ0v) is 12.0. The summed E-state index contributed by atoms with van der Waals surface area (Å²) in [6.45, 7) is 4.99. The molecule has 4 nitrogen and oxygen atoms in total. The number of anilines is 1. The first-order valence-electron chi connectivity index (χ1n) is 6.48. The van der Waals surface area contributed by atoms with E-state index in [4.69, 9.17) is 4.74 Å². The number of carbonyl (C=O) groups excluding carboxylic acids is 1. The number of amides is 1. The average molecular weight is 285 g/mol. The van der Waals surface area contributed by atoms with Gasteiger partial charge in [0.15, 0.2) is 0 Å². The third-order valence-electron chi connectivity index (χ3n) is 3.14. The molecule has 1 amide bonds. The molecule has 1 aliphatic heterocycles. The minimum absolute atomic E-state index is 0. The summed E-state index contributed by atoms with van der Waals surface area (Å²) in [5.74, 6) is 0.0636. The van der Waals surface area contributed by atoms with Gasteiger partial charge in [0.05, 0.1) is 12.5 Å². The minimum Gasteiger partial charge on any atom is -0.381 e. The molecule has 0 aliphatic carbocycles. The van der Waals surface area contributed by atoms with Crippen LogP contribution in [-0.2, 0) is 16.1 Å². The Hall–Kier alpha value is -1.10. The lowest BCUT2D eigenvalue weighted by Crippen LogP contribution is -2.24. The van der Waals surface area contributed by atoms with E-state index in [1.165, 1.54) is 0 Å². The normalized spacial score (nSPS) is 17.8. The van der Waals surface area contributed by atoms with Gasteiger partial charge in [0.2, 0.25) is 5.91 Å². The van der Waals surface area contributed by atoms with Gasteiger partial charge in [-0.3, -0.25) is 4.79 Å². The minimum atomic E-state index is -0.00260. The number of hydrogen-bond donors (Lipinski definition) is 2. The Morgan fingerprint density at radius 2 is 2.21 bits per heavy atom. The summed E-state index contributed by atoms with van der Waals surface area (Å²) in [5.41, 5.74) is 2.02. The molecule has 1 aromatic rings. The maximum Gasteiger partial charge on any atom is 0.229 e. The zero-order chi connectivity index (χ0) is 12.8. The van der Waals surface area contributed by atoms with Gasteiger partial charge in [-0.25, -0.2) is 0 Å². The van der Waals surface area contributed by atoms with Gasteiger partial charge in [-0.1, -0.05) is 25.1 Å². The fourth-order valence-corrected chi connectivity index (χ4v) is 2.03. The molecule has 1 fully saturated rings. The third kappa shape index (κ3) is 4.49. The molecule has 2 N–H and O–H groups in total. The van der Waals surface area contributed by atoms with Crippen molar-refractivity contribution in [3.05, 3.63) is 29.8 Å². The first kappa shape index (κ1) is 16.0. The van der Waals surface area contributed by atoms with E-state index >= 15 is 0 Å². The van der Waals surface area contributed by atoms with Crippen molar-refractivity contribution in [1.82, 2.24) is 5.32 Å². The third-order valence-corrected chi connectivity index (χ3v) is 3.14. The molecule has 106 valence electrons. The highest BCUT2D eigenvalue weighted by Crippen LogP contribution is 2.19. The van der Waals surface area contributed by atoms with Crippen LogP contribution in [0, 0.1) is 5.92 Å². The van der Waals surface area contributed by atoms with E-state index in [1.807, 2.05) is 24.3 Å². The summed E-state index contributed by atoms with van der Waals surface area (Å²) in [4.78, 5) is 12.0. The van der Waals surface area contributed by atoms with E-state index in [1.54, 1.807) is 0 Å². The molecule has 1 atom stereocenters. The molecule has 2 rings (SSSR count). The van der Waals surface area contributed by atoms with E-state index < -0.39 is 0 Å². The maximum absolute atomic E-state index is 12.0. The fourth-order valence-electron chi connectivity index (χ4n) is 2.03. The Kier molecular flexibility index (Phi) is 6.84. The van der Waals surface area contributed by atoms with Gasteiger partial charge in [-0.2, -0.15) is 0 Å². The summed E-state index contributed by atoms with van der Waals surface area (Å²) >= 11 is 0. The van der Waals surface area contributed by atoms with Gasteiger partial charge >= 0.3 is 0 Å². The van der Waals surface area contributed by atoms with Gasteiger partial charge in [-0.05, 0) is 24.6 Å². The molecule has 0 bridgehead atoms. The number of carbonyl (C=O) groups is 1. The summed E-state index contributed by atoms with van der Waals surface area (Å²) in [6, 6.07) is 7.90. The van der Waals surface area contributed by atoms with Crippen molar-refractivity contribution in [2.45, 2.75) is 19.9 Å². The van der Waals surface area contributed by atoms with Gasteiger partial charge in [0, 0.05) is 18.8 Å². The fraction of sp³-hybridized carbons (Fsp3) is 0.500. The van der Waals surface area contributed by atoms with E-state index in [-0.39, 0.29) is 24.2 Å². The quantitative estimate of drug-likeness (QED) is 0.871. The first-order valence-corrected chi connectivity index (χ1v) is 6.48. The topological polar surface area (TPSA) is 50.4 Å². The lowest BCUT2D eigenvalue weighted by molar-refractivity contribution is -0.119. The molecule has 1 aliphatic rings. The smallest absolute Gasteiger partial charge is 0.229 e. The van der Waals surface area contributed by atoms with Crippen LogP contribution in [0.4, 0.5) is 5.69 Å². The predicted molar refractivity (Wildman–Crippen MR) is 78.6 cm³/mol. The number of hydrogen-bond acceptors (Lipinski definition) is 3. The molecule has 0 radical (unpaired) electrons. The monoisotopic (exact) mass is 284 g/mol. The molecule has 0 spiro atoms. The van der Waals surface area contributed by atoms with Gasteiger partial charge in [0.25, 0.3) is 0 Å². The highest BCUT2D eigenvalue weighted by Gasteiger charge is 2.23. The number of ether oxygens (including phenoxy) is 1. The van der Waals surface area contributed by atoms with Crippen LogP contribution in [0.1, 0.15) is 18.9 Å². The standard InChI is InChI=1S/C14H20N2O2.ClH/c1-2-15-9-11-5-3-4-6-13(11)16-14(17)12-7-8-18-10-12;/h3-6,12,15H,2,7-10H2,1H3,(H,16,17);1H. The number of halogens is 1. The summed E-state index contributed by atoms with van der Waals surface area (Å²) in [7, 11) is 0. The number of nitrogens with one attached hydrogen (secondary N) is 2. The Bertz CT molecular complexity index is 406. The second-order valence-corrected chi connectivity index (χ2v) is 4.49. The van der Waals surface area contributed by atoms with Gasteiger partial charge < -0.3 is 15.4 Å². The summed E-state index contributed by atoms with van der Waals surface area (Å²) in [5, 5.41) is 6.27. The Labute approximate surface area is 120 Å². The largest absolute Gasteiger partial charge is 0.381 e. The Morgan fingerprint density at radius 3 is 2.89 bits per heavy atom. The molecule has 19 heavy (non-hydrogen) atoms.